The van der Waals surface area contributed by atoms with Gasteiger partial charge in [0, 0.05) is 6.42 Å². The molecule has 0 aliphatic carbocycles. The van der Waals surface area contributed by atoms with Crippen LogP contribution in [0, 0.1) is 0 Å². The molecule has 54 valence electrons. The molecular weight excluding hydrogens is 120 g/mol. The SMILES string of the molecule is CCC(=O)OOC(C)C. The summed E-state index contributed by atoms with van der Waals surface area (Å²) in [5, 5.41) is 0. The van der Waals surface area contributed by atoms with Gasteiger partial charge in [0.25, 0.3) is 0 Å². The highest BCUT2D eigenvalue weighted by atomic mass is 17.2. The number of carbonyl (C=O) groups is 1. The molecule has 0 heterocycles. The summed E-state index contributed by atoms with van der Waals surface area (Å²) in [7, 11) is 0. The fourth-order valence-corrected chi connectivity index (χ4v) is 0.209. The summed E-state index contributed by atoms with van der Waals surface area (Å²) in [6, 6.07) is 0. The van der Waals surface area contributed by atoms with E-state index < -0.39 is 0 Å². The maximum Gasteiger partial charge on any atom is 0.342 e. The fourth-order valence-electron chi connectivity index (χ4n) is 0.209. The second-order valence-electron chi connectivity index (χ2n) is 1.95. The normalized spacial score (nSPS) is 9.78. The first-order valence-corrected chi connectivity index (χ1v) is 3.03. The molecule has 0 aliphatic heterocycles. The van der Waals surface area contributed by atoms with Crippen molar-refractivity contribution in [2.24, 2.45) is 0 Å². The molecule has 0 aromatic carbocycles. The van der Waals surface area contributed by atoms with Gasteiger partial charge in [-0.05, 0) is 13.8 Å². The third-order valence-electron chi connectivity index (χ3n) is 0.622. The standard InChI is InChI=1S/C6H12O3/c1-4-6(7)9-8-5(2)3/h5H,4H2,1-3H3. The van der Waals surface area contributed by atoms with Gasteiger partial charge in [0.05, 0.1) is 6.10 Å². The van der Waals surface area contributed by atoms with Gasteiger partial charge in [0.1, 0.15) is 0 Å². The van der Waals surface area contributed by atoms with Crippen LogP contribution in [-0.4, -0.2) is 12.1 Å². The maximum absolute atomic E-state index is 10.4. The summed E-state index contributed by atoms with van der Waals surface area (Å²) in [4.78, 5) is 19.2. The minimum Gasteiger partial charge on any atom is -0.298 e. The molecule has 0 aliphatic rings. The lowest BCUT2D eigenvalue weighted by Gasteiger charge is -2.03. The zero-order valence-electron chi connectivity index (χ0n) is 6.01. The summed E-state index contributed by atoms with van der Waals surface area (Å²) in [5.74, 6) is -0.330. The molecule has 0 amide bonds. The Labute approximate surface area is 54.9 Å². The molecule has 0 radical (unpaired) electrons. The molecule has 3 nitrogen and oxygen atoms in total. The lowest BCUT2D eigenvalue weighted by atomic mass is 10.5. The van der Waals surface area contributed by atoms with E-state index >= 15 is 0 Å². The van der Waals surface area contributed by atoms with Crippen molar-refractivity contribution in [1.29, 1.82) is 0 Å². The van der Waals surface area contributed by atoms with Crippen molar-refractivity contribution in [2.45, 2.75) is 33.3 Å². The number of hydrogen-bond acceptors (Lipinski definition) is 3. The lowest BCUT2D eigenvalue weighted by molar-refractivity contribution is -0.291. The highest BCUT2D eigenvalue weighted by Crippen LogP contribution is 1.91. The van der Waals surface area contributed by atoms with Crippen molar-refractivity contribution in [1.82, 2.24) is 0 Å². The van der Waals surface area contributed by atoms with Gasteiger partial charge in [-0.15, -0.1) is 0 Å². The van der Waals surface area contributed by atoms with Gasteiger partial charge in [-0.3, -0.25) is 4.89 Å². The predicted molar refractivity (Wildman–Crippen MR) is 32.6 cm³/mol. The zero-order chi connectivity index (χ0) is 7.28. The highest BCUT2D eigenvalue weighted by Gasteiger charge is 2.00. The average Bonchev–Trinajstić information content (AvgIpc) is 1.83. The summed E-state index contributed by atoms with van der Waals surface area (Å²) in [6.07, 6.45) is 0.299. The Hall–Kier alpha value is -0.570. The monoisotopic (exact) mass is 132 g/mol. The van der Waals surface area contributed by atoms with Gasteiger partial charge >= 0.3 is 5.97 Å². The number of carbonyl (C=O) groups excluding carboxylic acids is 1. The minimum atomic E-state index is -0.330. The molecule has 0 atom stereocenters. The van der Waals surface area contributed by atoms with E-state index in [0.717, 1.165) is 0 Å². The molecular formula is C6H12O3. The highest BCUT2D eigenvalue weighted by molar-refractivity contribution is 5.68. The van der Waals surface area contributed by atoms with E-state index in [1.54, 1.807) is 20.8 Å². The summed E-state index contributed by atoms with van der Waals surface area (Å²) >= 11 is 0. The van der Waals surface area contributed by atoms with Crippen LogP contribution in [0.15, 0.2) is 0 Å². The summed E-state index contributed by atoms with van der Waals surface area (Å²) in [5.41, 5.74) is 0. The van der Waals surface area contributed by atoms with Crippen molar-refractivity contribution < 1.29 is 14.6 Å². The second-order valence-corrected chi connectivity index (χ2v) is 1.95. The van der Waals surface area contributed by atoms with Crippen LogP contribution in [0.25, 0.3) is 0 Å². The van der Waals surface area contributed by atoms with Crippen molar-refractivity contribution in [3.8, 4) is 0 Å². The van der Waals surface area contributed by atoms with Crippen LogP contribution < -0.4 is 0 Å². The third kappa shape index (κ3) is 5.30. The van der Waals surface area contributed by atoms with Crippen LogP contribution in [0.3, 0.4) is 0 Å². The van der Waals surface area contributed by atoms with E-state index in [4.69, 9.17) is 0 Å². The molecule has 0 N–H and O–H groups in total. The van der Waals surface area contributed by atoms with Crippen LogP contribution in [-0.2, 0) is 14.6 Å². The topological polar surface area (TPSA) is 35.5 Å². The van der Waals surface area contributed by atoms with E-state index in [-0.39, 0.29) is 12.1 Å². The Bertz CT molecular complexity index is 88.3. The van der Waals surface area contributed by atoms with Crippen LogP contribution in [0.5, 0.6) is 0 Å². The molecule has 0 aromatic heterocycles. The first-order valence-electron chi connectivity index (χ1n) is 3.03. The average molecular weight is 132 g/mol. The summed E-state index contributed by atoms with van der Waals surface area (Å²) < 4.78 is 0. The van der Waals surface area contributed by atoms with E-state index in [1.807, 2.05) is 0 Å². The molecule has 0 saturated carbocycles. The fraction of sp³-hybridized carbons (Fsp3) is 0.833. The van der Waals surface area contributed by atoms with Crippen molar-refractivity contribution in [3.63, 3.8) is 0 Å². The van der Waals surface area contributed by atoms with Gasteiger partial charge in [-0.1, -0.05) is 6.92 Å². The number of hydrogen-bond donors (Lipinski definition) is 0. The Kier molecular flexibility index (Phi) is 4.05. The van der Waals surface area contributed by atoms with Crippen molar-refractivity contribution in [3.05, 3.63) is 0 Å². The third-order valence-corrected chi connectivity index (χ3v) is 0.622. The van der Waals surface area contributed by atoms with E-state index in [9.17, 15) is 4.79 Å². The van der Waals surface area contributed by atoms with Crippen LogP contribution in [0.4, 0.5) is 0 Å². The number of rotatable bonds is 3. The van der Waals surface area contributed by atoms with Gasteiger partial charge in [0.2, 0.25) is 0 Å². The first kappa shape index (κ1) is 8.43. The Morgan fingerprint density at radius 3 is 2.44 bits per heavy atom. The minimum absolute atomic E-state index is 0.0551. The van der Waals surface area contributed by atoms with Gasteiger partial charge in [-0.25, -0.2) is 4.79 Å². The Morgan fingerprint density at radius 2 is 2.11 bits per heavy atom. The molecule has 0 unspecified atom stereocenters. The molecule has 0 spiro atoms. The molecule has 0 bridgehead atoms. The van der Waals surface area contributed by atoms with Gasteiger partial charge in [-0.2, -0.15) is 4.89 Å². The van der Waals surface area contributed by atoms with Crippen molar-refractivity contribution in [2.75, 3.05) is 0 Å². The molecule has 0 saturated heterocycles. The van der Waals surface area contributed by atoms with E-state index in [0.29, 0.717) is 6.42 Å². The second kappa shape index (κ2) is 4.32. The maximum atomic E-state index is 10.4. The van der Waals surface area contributed by atoms with E-state index in [1.165, 1.54) is 0 Å². The lowest BCUT2D eigenvalue weighted by Crippen LogP contribution is -2.08. The smallest absolute Gasteiger partial charge is 0.298 e. The molecule has 0 aromatic rings. The Balaban J connectivity index is 3.17. The molecule has 0 rings (SSSR count). The largest absolute Gasteiger partial charge is 0.342 e. The van der Waals surface area contributed by atoms with Crippen LogP contribution in [0.2, 0.25) is 0 Å². The van der Waals surface area contributed by atoms with Gasteiger partial charge < -0.3 is 0 Å². The van der Waals surface area contributed by atoms with Crippen molar-refractivity contribution >= 4 is 5.97 Å². The molecule has 0 fully saturated rings. The van der Waals surface area contributed by atoms with Gasteiger partial charge in [0.15, 0.2) is 0 Å². The van der Waals surface area contributed by atoms with Crippen LogP contribution >= 0.6 is 0 Å². The van der Waals surface area contributed by atoms with E-state index in [2.05, 4.69) is 9.78 Å². The van der Waals surface area contributed by atoms with Crippen LogP contribution in [0.1, 0.15) is 27.2 Å². The summed E-state index contributed by atoms with van der Waals surface area (Å²) in [6.45, 7) is 5.30. The molecule has 3 heteroatoms. The quantitative estimate of drug-likeness (QED) is 0.428. The zero-order valence-corrected chi connectivity index (χ0v) is 6.01. The Morgan fingerprint density at radius 1 is 1.56 bits per heavy atom. The first-order chi connectivity index (χ1) is 4.16. The molecule has 9 heavy (non-hydrogen) atoms. The predicted octanol–water partition coefficient (Wildman–Crippen LogP) is 1.28.